The van der Waals surface area contributed by atoms with Crippen LogP contribution in [0, 0.1) is 12.8 Å². The molecule has 1 aromatic rings. The van der Waals surface area contributed by atoms with Crippen LogP contribution in [0.4, 0.5) is 5.69 Å². The van der Waals surface area contributed by atoms with Gasteiger partial charge in [0.15, 0.2) is 5.78 Å². The summed E-state index contributed by atoms with van der Waals surface area (Å²) in [5.41, 5.74) is 6.94. The van der Waals surface area contributed by atoms with Crippen LogP contribution in [0.3, 0.4) is 0 Å². The Hall–Kier alpha value is -1.83. The number of hydrogen-bond donors (Lipinski definition) is 0. The Morgan fingerprint density at radius 1 is 1.10 bits per heavy atom. The summed E-state index contributed by atoms with van der Waals surface area (Å²) in [5, 5.41) is 0. The topological polar surface area (TPSA) is 20.3 Å². The largest absolute Gasteiger partial charge is 0.345 e. The number of aryl methyl sites for hydroxylation is 1. The maximum Gasteiger partial charge on any atom is 0.155 e. The zero-order valence-corrected chi connectivity index (χ0v) is 12.6. The summed E-state index contributed by atoms with van der Waals surface area (Å²) in [6.07, 6.45) is 9.45. The Labute approximate surface area is 126 Å². The number of allylic oxidation sites excluding steroid dienone is 4. The number of carbonyl (C=O) groups excluding carboxylic acids is 1. The Morgan fingerprint density at radius 3 is 2.86 bits per heavy atom. The number of rotatable bonds is 1. The van der Waals surface area contributed by atoms with E-state index in [1.807, 2.05) is 6.08 Å². The summed E-state index contributed by atoms with van der Waals surface area (Å²) >= 11 is 0. The highest BCUT2D eigenvalue weighted by molar-refractivity contribution is 5.92. The fraction of sp³-hybridized carbons (Fsp3) is 0.421. The first-order valence-electron chi connectivity index (χ1n) is 8.03. The van der Waals surface area contributed by atoms with Gasteiger partial charge in [-0.1, -0.05) is 12.1 Å². The van der Waals surface area contributed by atoms with Crippen molar-refractivity contribution in [3.8, 4) is 0 Å². The maximum absolute atomic E-state index is 11.7. The van der Waals surface area contributed by atoms with Crippen molar-refractivity contribution in [2.24, 2.45) is 5.92 Å². The highest BCUT2D eigenvalue weighted by Crippen LogP contribution is 2.40. The Bertz CT molecular complexity index is 668. The van der Waals surface area contributed by atoms with Gasteiger partial charge in [0.1, 0.15) is 0 Å². The number of ketones is 1. The fourth-order valence-corrected chi connectivity index (χ4v) is 4.04. The predicted octanol–water partition coefficient (Wildman–Crippen LogP) is 3.94. The molecule has 1 aromatic carbocycles. The van der Waals surface area contributed by atoms with Crippen LogP contribution in [0.5, 0.6) is 0 Å². The SMILES string of the molecule is Cc1cccc2c1CCN2C1=CC2=CC(=O)CCC2CC1. The van der Waals surface area contributed by atoms with Gasteiger partial charge in [0.2, 0.25) is 0 Å². The molecule has 0 spiro atoms. The third-order valence-electron chi connectivity index (χ3n) is 5.23. The van der Waals surface area contributed by atoms with Crippen LogP contribution < -0.4 is 4.90 Å². The van der Waals surface area contributed by atoms with E-state index < -0.39 is 0 Å². The van der Waals surface area contributed by atoms with E-state index in [-0.39, 0.29) is 0 Å². The maximum atomic E-state index is 11.7. The van der Waals surface area contributed by atoms with Crippen molar-refractivity contribution >= 4 is 11.5 Å². The van der Waals surface area contributed by atoms with Crippen LogP contribution in [0.1, 0.15) is 36.8 Å². The van der Waals surface area contributed by atoms with Crippen LogP contribution in [-0.4, -0.2) is 12.3 Å². The molecule has 3 aliphatic rings. The minimum absolute atomic E-state index is 0.302. The Morgan fingerprint density at radius 2 is 1.95 bits per heavy atom. The molecule has 0 amide bonds. The highest BCUT2D eigenvalue weighted by Gasteiger charge is 2.29. The normalized spacial score (nSPS) is 24.3. The van der Waals surface area contributed by atoms with Crippen LogP contribution >= 0.6 is 0 Å². The summed E-state index contributed by atoms with van der Waals surface area (Å²) in [6.45, 7) is 3.29. The van der Waals surface area contributed by atoms with Crippen molar-refractivity contribution in [3.05, 3.63) is 52.7 Å². The lowest BCUT2D eigenvalue weighted by atomic mass is 9.79. The first-order chi connectivity index (χ1) is 10.2. The monoisotopic (exact) mass is 279 g/mol. The highest BCUT2D eigenvalue weighted by atomic mass is 16.1. The third-order valence-corrected chi connectivity index (χ3v) is 5.23. The Balaban J connectivity index is 1.70. The zero-order valence-electron chi connectivity index (χ0n) is 12.6. The van der Waals surface area contributed by atoms with Gasteiger partial charge in [-0.15, -0.1) is 0 Å². The molecule has 0 N–H and O–H groups in total. The molecule has 108 valence electrons. The lowest BCUT2D eigenvalue weighted by Gasteiger charge is -2.32. The summed E-state index contributed by atoms with van der Waals surface area (Å²) in [5.74, 6) is 0.919. The van der Waals surface area contributed by atoms with Gasteiger partial charge < -0.3 is 4.90 Å². The molecule has 0 fully saturated rings. The molecule has 4 rings (SSSR count). The molecule has 0 bridgehead atoms. The van der Waals surface area contributed by atoms with E-state index in [0.29, 0.717) is 11.7 Å². The second-order valence-electron chi connectivity index (χ2n) is 6.49. The van der Waals surface area contributed by atoms with Gasteiger partial charge in [-0.25, -0.2) is 0 Å². The van der Waals surface area contributed by atoms with Gasteiger partial charge in [0.05, 0.1) is 0 Å². The van der Waals surface area contributed by atoms with E-state index in [4.69, 9.17) is 0 Å². The second kappa shape index (κ2) is 4.87. The fourth-order valence-electron chi connectivity index (χ4n) is 4.04. The van der Waals surface area contributed by atoms with E-state index in [9.17, 15) is 4.79 Å². The average molecular weight is 279 g/mol. The summed E-state index contributed by atoms with van der Waals surface area (Å²) < 4.78 is 0. The first-order valence-corrected chi connectivity index (χ1v) is 8.03. The minimum atomic E-state index is 0.302. The van der Waals surface area contributed by atoms with Gasteiger partial charge in [0.25, 0.3) is 0 Å². The quantitative estimate of drug-likeness (QED) is 0.776. The second-order valence-corrected chi connectivity index (χ2v) is 6.49. The lowest BCUT2D eigenvalue weighted by molar-refractivity contribution is -0.115. The minimum Gasteiger partial charge on any atom is -0.345 e. The molecule has 1 heterocycles. The number of hydrogen-bond acceptors (Lipinski definition) is 2. The molecule has 1 atom stereocenters. The molecule has 2 nitrogen and oxygen atoms in total. The van der Waals surface area contributed by atoms with Crippen LogP contribution in [-0.2, 0) is 11.2 Å². The standard InChI is InChI=1S/C19H21NO/c1-13-3-2-4-19-18(13)9-10-20(19)16-7-5-14-6-8-17(21)12-15(14)11-16/h2-4,11-12,14H,5-10H2,1H3. The summed E-state index contributed by atoms with van der Waals surface area (Å²) in [4.78, 5) is 14.1. The molecule has 0 radical (unpaired) electrons. The number of fused-ring (bicyclic) bond motifs is 2. The van der Waals surface area contributed by atoms with Crippen molar-refractivity contribution in [3.63, 3.8) is 0 Å². The van der Waals surface area contributed by atoms with Crippen LogP contribution in [0.15, 0.2) is 41.6 Å². The Kier molecular flexibility index (Phi) is 2.99. The first kappa shape index (κ1) is 12.9. The van der Waals surface area contributed by atoms with Crippen molar-refractivity contribution in [2.45, 2.75) is 39.0 Å². The molecule has 2 heteroatoms. The van der Waals surface area contributed by atoms with E-state index in [1.165, 1.54) is 34.5 Å². The van der Waals surface area contributed by atoms with E-state index >= 15 is 0 Å². The van der Waals surface area contributed by atoms with Gasteiger partial charge >= 0.3 is 0 Å². The van der Waals surface area contributed by atoms with E-state index in [1.54, 1.807) is 0 Å². The zero-order chi connectivity index (χ0) is 14.4. The lowest BCUT2D eigenvalue weighted by Crippen LogP contribution is -2.25. The molecule has 2 aliphatic carbocycles. The van der Waals surface area contributed by atoms with Gasteiger partial charge in [-0.2, -0.15) is 0 Å². The number of carbonyl (C=O) groups is 1. The number of nitrogens with zero attached hydrogens (tertiary/aromatic N) is 1. The summed E-state index contributed by atoms with van der Waals surface area (Å²) in [6, 6.07) is 6.60. The molecular formula is C19H21NO. The predicted molar refractivity (Wildman–Crippen MR) is 85.4 cm³/mol. The van der Waals surface area contributed by atoms with Crippen LogP contribution in [0.2, 0.25) is 0 Å². The van der Waals surface area contributed by atoms with Crippen LogP contribution in [0.25, 0.3) is 0 Å². The molecular weight excluding hydrogens is 258 g/mol. The van der Waals surface area contributed by atoms with Crippen molar-refractivity contribution in [2.75, 3.05) is 11.4 Å². The van der Waals surface area contributed by atoms with Crippen molar-refractivity contribution in [1.29, 1.82) is 0 Å². The molecule has 0 aromatic heterocycles. The number of anilines is 1. The van der Waals surface area contributed by atoms with Crippen molar-refractivity contribution < 1.29 is 4.79 Å². The molecule has 1 aliphatic heterocycles. The smallest absolute Gasteiger partial charge is 0.155 e. The van der Waals surface area contributed by atoms with Gasteiger partial charge in [-0.05, 0) is 73.4 Å². The number of benzene rings is 1. The van der Waals surface area contributed by atoms with E-state index in [2.05, 4.69) is 36.1 Å². The van der Waals surface area contributed by atoms with E-state index in [0.717, 1.165) is 32.2 Å². The van der Waals surface area contributed by atoms with Crippen molar-refractivity contribution in [1.82, 2.24) is 0 Å². The molecule has 1 unspecified atom stereocenters. The third kappa shape index (κ3) is 2.14. The molecule has 0 saturated carbocycles. The average Bonchev–Trinajstić information content (AvgIpc) is 2.92. The summed E-state index contributed by atoms with van der Waals surface area (Å²) in [7, 11) is 0. The van der Waals surface area contributed by atoms with Gasteiger partial charge in [-0.3, -0.25) is 4.79 Å². The van der Waals surface area contributed by atoms with Gasteiger partial charge in [0, 0.05) is 24.4 Å². The molecule has 21 heavy (non-hydrogen) atoms. The molecule has 0 saturated heterocycles.